The Labute approximate surface area is 192 Å². The Morgan fingerprint density at radius 2 is 1.73 bits per heavy atom. The van der Waals surface area contributed by atoms with Gasteiger partial charge in [-0.15, -0.1) is 11.3 Å². The summed E-state index contributed by atoms with van der Waals surface area (Å²) < 4.78 is 0. The molecule has 0 amide bonds. The van der Waals surface area contributed by atoms with Gasteiger partial charge < -0.3 is 10.6 Å². The SMILES string of the molecule is Cc1cc(C)c(C2(C)CC(c3csc(NC(=S)Nc4ccc(Cl)cc4)n3)C2)c(C)c1. The predicted octanol–water partition coefficient (Wildman–Crippen LogP) is 7.37. The molecule has 0 radical (unpaired) electrons. The Morgan fingerprint density at radius 1 is 1.10 bits per heavy atom. The third-order valence-electron chi connectivity index (χ3n) is 5.94. The van der Waals surface area contributed by atoms with Gasteiger partial charge in [0.25, 0.3) is 0 Å². The molecule has 30 heavy (non-hydrogen) atoms. The van der Waals surface area contributed by atoms with Crippen LogP contribution >= 0.6 is 35.2 Å². The van der Waals surface area contributed by atoms with Crippen LogP contribution in [0.1, 0.15) is 53.6 Å². The molecule has 3 aromatic rings. The van der Waals surface area contributed by atoms with Gasteiger partial charge in [-0.2, -0.15) is 0 Å². The number of thiocarbonyl (C=S) groups is 1. The Balaban J connectivity index is 1.39. The minimum atomic E-state index is 0.231. The molecule has 0 bridgehead atoms. The summed E-state index contributed by atoms with van der Waals surface area (Å²) in [7, 11) is 0. The molecule has 1 aliphatic rings. The quantitative estimate of drug-likeness (QED) is 0.403. The molecule has 1 aromatic heterocycles. The Bertz CT molecular complexity index is 1060. The van der Waals surface area contributed by atoms with Crippen molar-refractivity contribution in [2.75, 3.05) is 10.6 Å². The molecule has 0 atom stereocenters. The number of nitrogens with one attached hydrogen (secondary N) is 2. The van der Waals surface area contributed by atoms with Crippen LogP contribution in [0.4, 0.5) is 10.8 Å². The van der Waals surface area contributed by atoms with Crippen molar-refractivity contribution in [2.45, 2.75) is 51.9 Å². The van der Waals surface area contributed by atoms with Crippen LogP contribution in [0, 0.1) is 20.8 Å². The van der Waals surface area contributed by atoms with Crippen LogP contribution in [-0.2, 0) is 5.41 Å². The number of benzene rings is 2. The number of rotatable bonds is 4. The van der Waals surface area contributed by atoms with Crippen molar-refractivity contribution < 1.29 is 0 Å². The first-order valence-corrected chi connectivity index (χ1v) is 11.8. The van der Waals surface area contributed by atoms with E-state index in [1.165, 1.54) is 22.3 Å². The standard InChI is InChI=1S/C24H26ClN3S2/c1-14-9-15(2)21(16(3)10-14)24(4)11-17(12-24)20-13-30-23(27-20)28-22(29)26-19-7-5-18(25)6-8-19/h5-10,13,17H,11-12H2,1-4H3,(H2,26,27,28,29). The summed E-state index contributed by atoms with van der Waals surface area (Å²) in [6.45, 7) is 9.05. The van der Waals surface area contributed by atoms with Gasteiger partial charge in [-0.3, -0.25) is 0 Å². The lowest BCUT2D eigenvalue weighted by Crippen LogP contribution is -2.38. The molecule has 1 aliphatic carbocycles. The summed E-state index contributed by atoms with van der Waals surface area (Å²) in [4.78, 5) is 4.80. The summed E-state index contributed by atoms with van der Waals surface area (Å²) in [5, 5.41) is 10.6. The molecule has 2 N–H and O–H groups in total. The van der Waals surface area contributed by atoms with Gasteiger partial charge in [-0.05, 0) is 92.2 Å². The second-order valence-corrected chi connectivity index (χ2v) is 10.3. The molecule has 3 nitrogen and oxygen atoms in total. The van der Waals surface area contributed by atoms with Crippen molar-refractivity contribution in [3.63, 3.8) is 0 Å². The van der Waals surface area contributed by atoms with Crippen LogP contribution in [0.5, 0.6) is 0 Å². The van der Waals surface area contributed by atoms with Crippen LogP contribution in [-0.4, -0.2) is 10.1 Å². The van der Waals surface area contributed by atoms with E-state index >= 15 is 0 Å². The van der Waals surface area contributed by atoms with Crippen molar-refractivity contribution in [2.24, 2.45) is 0 Å². The lowest BCUT2D eigenvalue weighted by atomic mass is 9.57. The molecule has 156 valence electrons. The topological polar surface area (TPSA) is 37.0 Å². The maximum Gasteiger partial charge on any atom is 0.189 e. The van der Waals surface area contributed by atoms with Gasteiger partial charge in [0.15, 0.2) is 10.2 Å². The van der Waals surface area contributed by atoms with E-state index in [0.717, 1.165) is 29.4 Å². The first-order valence-electron chi connectivity index (χ1n) is 10.1. The Hall–Kier alpha value is -1.95. The van der Waals surface area contributed by atoms with E-state index < -0.39 is 0 Å². The average Bonchev–Trinajstić information content (AvgIpc) is 3.08. The predicted molar refractivity (Wildman–Crippen MR) is 133 cm³/mol. The summed E-state index contributed by atoms with van der Waals surface area (Å²) in [5.74, 6) is 0.500. The number of nitrogens with zero attached hydrogens (tertiary/aromatic N) is 1. The largest absolute Gasteiger partial charge is 0.332 e. The summed E-state index contributed by atoms with van der Waals surface area (Å²) in [5.41, 5.74) is 7.97. The Morgan fingerprint density at radius 3 is 2.37 bits per heavy atom. The van der Waals surface area contributed by atoms with Gasteiger partial charge in [0.05, 0.1) is 5.69 Å². The van der Waals surface area contributed by atoms with E-state index in [9.17, 15) is 0 Å². The molecule has 0 saturated heterocycles. The van der Waals surface area contributed by atoms with E-state index in [4.69, 9.17) is 28.8 Å². The van der Waals surface area contributed by atoms with Crippen molar-refractivity contribution in [3.8, 4) is 0 Å². The van der Waals surface area contributed by atoms with Crippen LogP contribution in [0.3, 0.4) is 0 Å². The molecular formula is C24H26ClN3S2. The highest BCUT2D eigenvalue weighted by Gasteiger charge is 2.44. The third-order valence-corrected chi connectivity index (χ3v) is 7.17. The normalized spacial score (nSPS) is 20.5. The minimum absolute atomic E-state index is 0.231. The first-order chi connectivity index (χ1) is 14.2. The third kappa shape index (κ3) is 4.39. The molecule has 4 rings (SSSR count). The summed E-state index contributed by atoms with van der Waals surface area (Å²) in [6.07, 6.45) is 2.27. The zero-order chi connectivity index (χ0) is 21.5. The number of aryl methyl sites for hydroxylation is 3. The fraction of sp³-hybridized carbons (Fsp3) is 0.333. The number of halogens is 1. The molecule has 2 aromatic carbocycles. The maximum atomic E-state index is 5.93. The van der Waals surface area contributed by atoms with Gasteiger partial charge in [-0.1, -0.05) is 36.2 Å². The highest BCUT2D eigenvalue weighted by Crippen LogP contribution is 2.54. The monoisotopic (exact) mass is 455 g/mol. The highest BCUT2D eigenvalue weighted by atomic mass is 35.5. The van der Waals surface area contributed by atoms with Gasteiger partial charge in [0, 0.05) is 22.0 Å². The number of anilines is 2. The summed E-state index contributed by atoms with van der Waals surface area (Å²) >= 11 is 12.9. The molecular weight excluding hydrogens is 430 g/mol. The van der Waals surface area contributed by atoms with Crippen LogP contribution < -0.4 is 10.6 Å². The van der Waals surface area contributed by atoms with E-state index in [1.54, 1.807) is 11.3 Å². The van der Waals surface area contributed by atoms with E-state index in [2.05, 4.69) is 55.8 Å². The average molecular weight is 456 g/mol. The van der Waals surface area contributed by atoms with Gasteiger partial charge in [0.1, 0.15) is 0 Å². The number of hydrogen-bond acceptors (Lipinski definition) is 3. The van der Waals surface area contributed by atoms with Crippen molar-refractivity contribution in [3.05, 3.63) is 74.7 Å². The van der Waals surface area contributed by atoms with Gasteiger partial charge in [-0.25, -0.2) is 4.98 Å². The highest BCUT2D eigenvalue weighted by molar-refractivity contribution is 7.80. The smallest absolute Gasteiger partial charge is 0.189 e. The van der Waals surface area contributed by atoms with Crippen molar-refractivity contribution >= 4 is 51.1 Å². The molecule has 0 aliphatic heterocycles. The Kier molecular flexibility index (Phi) is 5.88. The lowest BCUT2D eigenvalue weighted by molar-refractivity contribution is 0.220. The van der Waals surface area contributed by atoms with E-state index in [1.807, 2.05) is 24.3 Å². The molecule has 0 spiro atoms. The molecule has 6 heteroatoms. The van der Waals surface area contributed by atoms with Crippen LogP contribution in [0.2, 0.25) is 5.02 Å². The summed E-state index contributed by atoms with van der Waals surface area (Å²) in [6, 6.07) is 12.1. The van der Waals surface area contributed by atoms with Crippen LogP contribution in [0.15, 0.2) is 41.8 Å². The van der Waals surface area contributed by atoms with Crippen molar-refractivity contribution in [1.29, 1.82) is 0 Å². The lowest BCUT2D eigenvalue weighted by Gasteiger charge is -2.47. The fourth-order valence-electron chi connectivity index (χ4n) is 4.90. The zero-order valence-corrected chi connectivity index (χ0v) is 20.1. The zero-order valence-electron chi connectivity index (χ0n) is 17.7. The number of thiazole rings is 1. The van der Waals surface area contributed by atoms with Crippen molar-refractivity contribution in [1.82, 2.24) is 4.98 Å². The number of hydrogen-bond donors (Lipinski definition) is 2. The second-order valence-electron chi connectivity index (χ2n) is 8.60. The van der Waals surface area contributed by atoms with E-state index in [-0.39, 0.29) is 5.41 Å². The molecule has 1 fully saturated rings. The fourth-order valence-corrected chi connectivity index (χ4v) is 6.10. The molecule has 1 heterocycles. The first kappa shape index (κ1) is 21.3. The minimum Gasteiger partial charge on any atom is -0.332 e. The second kappa shape index (κ2) is 8.29. The molecule has 1 saturated carbocycles. The van der Waals surface area contributed by atoms with Gasteiger partial charge in [0.2, 0.25) is 0 Å². The van der Waals surface area contributed by atoms with Crippen LogP contribution in [0.25, 0.3) is 0 Å². The van der Waals surface area contributed by atoms with Gasteiger partial charge >= 0.3 is 0 Å². The molecule has 0 unspecified atom stereocenters. The van der Waals surface area contributed by atoms with E-state index in [0.29, 0.717) is 16.1 Å². The maximum absolute atomic E-state index is 5.93. The number of aromatic nitrogens is 1.